The molecular formula is C31H33NO12. The fourth-order valence-corrected chi connectivity index (χ4v) is 6.40. The maximum Gasteiger partial charge on any atom is 0.339 e. The Bertz CT molecular complexity index is 1620. The summed E-state index contributed by atoms with van der Waals surface area (Å²) in [6.07, 6.45) is -3.63. The van der Waals surface area contributed by atoms with Gasteiger partial charge in [0.05, 0.1) is 26.4 Å². The van der Waals surface area contributed by atoms with Crippen LogP contribution in [0.1, 0.15) is 22.8 Å². The Labute approximate surface area is 252 Å². The lowest BCUT2D eigenvalue weighted by Gasteiger charge is -2.49. The van der Waals surface area contributed by atoms with Gasteiger partial charge in [0, 0.05) is 16.5 Å². The number of likely N-dealkylation sites (N-methyl/N-ethyl adjacent to an activating group) is 1. The van der Waals surface area contributed by atoms with E-state index in [0.717, 1.165) is 0 Å². The zero-order valence-corrected chi connectivity index (χ0v) is 24.8. The predicted octanol–water partition coefficient (Wildman–Crippen LogP) is 2.78. The molecule has 0 aliphatic carbocycles. The third-order valence-corrected chi connectivity index (χ3v) is 8.49. The fourth-order valence-electron chi connectivity index (χ4n) is 6.40. The van der Waals surface area contributed by atoms with Gasteiger partial charge in [-0.1, -0.05) is 0 Å². The van der Waals surface area contributed by atoms with Crippen molar-refractivity contribution < 1.29 is 57.6 Å². The maximum absolute atomic E-state index is 13.4. The van der Waals surface area contributed by atoms with Crippen LogP contribution in [0.3, 0.4) is 0 Å². The van der Waals surface area contributed by atoms with E-state index in [2.05, 4.69) is 0 Å². The molecule has 4 heterocycles. The lowest BCUT2D eigenvalue weighted by atomic mass is 9.89. The van der Waals surface area contributed by atoms with Crippen molar-refractivity contribution in [2.75, 3.05) is 41.7 Å². The van der Waals surface area contributed by atoms with Gasteiger partial charge in [-0.15, -0.1) is 0 Å². The van der Waals surface area contributed by atoms with Crippen LogP contribution in [-0.4, -0.2) is 99.7 Å². The van der Waals surface area contributed by atoms with Gasteiger partial charge in [-0.2, -0.15) is 0 Å². The second kappa shape index (κ2) is 10.9. The molecule has 13 heteroatoms. The Kier molecular flexibility index (Phi) is 7.09. The molecule has 0 spiro atoms. The van der Waals surface area contributed by atoms with Crippen LogP contribution in [0, 0.1) is 0 Å². The smallest absolute Gasteiger partial charge is 0.339 e. The van der Waals surface area contributed by atoms with Gasteiger partial charge in [0.25, 0.3) is 0 Å². The second-order valence-corrected chi connectivity index (χ2v) is 11.2. The molecule has 4 aliphatic heterocycles. The van der Waals surface area contributed by atoms with Crippen molar-refractivity contribution in [2.45, 2.75) is 50.5 Å². The zero-order valence-electron chi connectivity index (χ0n) is 24.8. The number of phenols is 1. The molecule has 0 radical (unpaired) electrons. The Hall–Kier alpha value is -4.01. The van der Waals surface area contributed by atoms with Gasteiger partial charge >= 0.3 is 5.97 Å². The summed E-state index contributed by atoms with van der Waals surface area (Å²) < 4.78 is 52.5. The Morgan fingerprint density at radius 2 is 1.61 bits per heavy atom. The molecule has 0 amide bonds. The SMILES string of the molecule is COc1cc(-c2c3c(c(O[C@@H]4O[C@@H]5CO[C@@H](C)O[C@H]5[C@H](O)[C@H]4N(C)C)c4cc5c(cc24)OCO5)COC3=O)cc(OC)c1O. The molecule has 44 heavy (non-hydrogen) atoms. The Balaban J connectivity index is 1.43. The summed E-state index contributed by atoms with van der Waals surface area (Å²) in [5.74, 6) is 0.914. The van der Waals surface area contributed by atoms with Gasteiger partial charge in [0.15, 0.2) is 29.3 Å². The zero-order chi connectivity index (χ0) is 30.9. The number of aliphatic hydroxyl groups is 1. The molecule has 3 aromatic rings. The van der Waals surface area contributed by atoms with Gasteiger partial charge in [0.2, 0.25) is 18.8 Å². The number of hydrogen-bond donors (Lipinski definition) is 2. The van der Waals surface area contributed by atoms with E-state index >= 15 is 0 Å². The van der Waals surface area contributed by atoms with Crippen molar-refractivity contribution in [3.63, 3.8) is 0 Å². The van der Waals surface area contributed by atoms with Crippen LogP contribution in [0.15, 0.2) is 24.3 Å². The van der Waals surface area contributed by atoms with Crippen LogP contribution in [-0.2, 0) is 25.6 Å². The first-order chi connectivity index (χ1) is 21.2. The average molecular weight is 612 g/mol. The Morgan fingerprint density at radius 3 is 2.27 bits per heavy atom. The molecule has 4 aliphatic rings. The number of hydrogen-bond acceptors (Lipinski definition) is 13. The molecule has 3 aromatic carbocycles. The average Bonchev–Trinajstić information content (AvgIpc) is 3.63. The molecule has 0 bridgehead atoms. The standard InChI is InChI=1S/C31H33NO12/c1-13-38-11-22-29(42-13)27(34)25(32(2)3)31(43-22)44-28-16-9-19-18(40-12-41-19)8-15(16)23(24-17(28)10-39-30(24)35)14-6-20(36-4)26(33)21(7-14)37-5/h6-9,13,22,25,27,29,31,33-34H,10-12H2,1-5H3/t13-,22-,25-,27-,29-,31+/m1/s1. The maximum atomic E-state index is 13.4. The highest BCUT2D eigenvalue weighted by Crippen LogP contribution is 2.51. The summed E-state index contributed by atoms with van der Waals surface area (Å²) in [6.45, 7) is 1.95. The van der Waals surface area contributed by atoms with E-state index in [4.69, 9.17) is 42.6 Å². The van der Waals surface area contributed by atoms with Crippen LogP contribution in [0.25, 0.3) is 21.9 Å². The molecular weight excluding hydrogens is 578 g/mol. The minimum atomic E-state index is -0.977. The van der Waals surface area contributed by atoms with Crippen LogP contribution in [0.2, 0.25) is 0 Å². The first kappa shape index (κ1) is 28.7. The number of cyclic esters (lactones) is 1. The summed E-state index contributed by atoms with van der Waals surface area (Å²) in [5.41, 5.74) is 1.81. The van der Waals surface area contributed by atoms with E-state index in [1.54, 1.807) is 31.2 Å². The molecule has 2 saturated heterocycles. The summed E-state index contributed by atoms with van der Waals surface area (Å²) in [4.78, 5) is 15.3. The van der Waals surface area contributed by atoms with E-state index in [9.17, 15) is 15.0 Å². The minimum Gasteiger partial charge on any atom is -0.502 e. The monoisotopic (exact) mass is 611 g/mol. The number of carbonyl (C=O) groups is 1. The number of nitrogens with zero attached hydrogens (tertiary/aromatic N) is 1. The lowest BCUT2D eigenvalue weighted by molar-refractivity contribution is -0.334. The topological polar surface area (TPSA) is 144 Å². The summed E-state index contributed by atoms with van der Waals surface area (Å²) in [5, 5.41) is 23.2. The third kappa shape index (κ3) is 4.46. The second-order valence-electron chi connectivity index (χ2n) is 11.2. The largest absolute Gasteiger partial charge is 0.502 e. The molecule has 7 rings (SSSR count). The first-order valence-corrected chi connectivity index (χ1v) is 14.2. The number of phenolic OH excluding ortho intramolecular Hbond substituents is 1. The molecule has 0 unspecified atom stereocenters. The van der Waals surface area contributed by atoms with Crippen LogP contribution < -0.4 is 23.7 Å². The number of methoxy groups -OCH3 is 2. The van der Waals surface area contributed by atoms with Gasteiger partial charge in [-0.3, -0.25) is 4.90 Å². The van der Waals surface area contributed by atoms with Gasteiger partial charge in [0.1, 0.15) is 36.7 Å². The van der Waals surface area contributed by atoms with Crippen LogP contribution in [0.4, 0.5) is 0 Å². The molecule has 13 nitrogen and oxygen atoms in total. The number of rotatable bonds is 6. The lowest BCUT2D eigenvalue weighted by Crippen LogP contribution is -2.67. The predicted molar refractivity (Wildman–Crippen MR) is 152 cm³/mol. The number of aliphatic hydroxyl groups excluding tert-OH is 1. The molecule has 2 fully saturated rings. The van der Waals surface area contributed by atoms with Crippen LogP contribution >= 0.6 is 0 Å². The van der Waals surface area contributed by atoms with E-state index in [-0.39, 0.29) is 42.8 Å². The summed E-state index contributed by atoms with van der Waals surface area (Å²) >= 11 is 0. The summed E-state index contributed by atoms with van der Waals surface area (Å²) in [7, 11) is 6.49. The molecule has 6 atom stereocenters. The number of ether oxygens (including phenoxy) is 9. The van der Waals surface area contributed by atoms with E-state index in [1.807, 2.05) is 19.0 Å². The van der Waals surface area contributed by atoms with Gasteiger partial charge < -0.3 is 52.8 Å². The van der Waals surface area contributed by atoms with Crippen molar-refractivity contribution in [1.82, 2.24) is 4.90 Å². The number of esters is 1. The number of aromatic hydroxyl groups is 1. The highest BCUT2D eigenvalue weighted by atomic mass is 16.7. The molecule has 234 valence electrons. The van der Waals surface area contributed by atoms with Gasteiger partial charge in [-0.05, 0) is 56.2 Å². The van der Waals surface area contributed by atoms with Crippen molar-refractivity contribution in [1.29, 1.82) is 0 Å². The highest BCUT2D eigenvalue weighted by Gasteiger charge is 2.51. The van der Waals surface area contributed by atoms with Crippen molar-refractivity contribution >= 4 is 16.7 Å². The van der Waals surface area contributed by atoms with Crippen molar-refractivity contribution in [2.24, 2.45) is 0 Å². The number of carbonyl (C=O) groups excluding carboxylic acids is 1. The number of fused-ring (bicyclic) bond motifs is 4. The normalized spacial score (nSPS) is 27.2. The number of benzene rings is 3. The molecule has 0 aromatic heterocycles. The Morgan fingerprint density at radius 1 is 0.932 bits per heavy atom. The van der Waals surface area contributed by atoms with Crippen molar-refractivity contribution in [3.05, 3.63) is 35.4 Å². The van der Waals surface area contributed by atoms with E-state index in [1.165, 1.54) is 14.2 Å². The summed E-state index contributed by atoms with van der Waals surface area (Å²) in [6, 6.07) is 6.17. The quantitative estimate of drug-likeness (QED) is 0.395. The van der Waals surface area contributed by atoms with E-state index in [0.29, 0.717) is 44.7 Å². The van der Waals surface area contributed by atoms with E-state index < -0.39 is 42.9 Å². The van der Waals surface area contributed by atoms with Gasteiger partial charge in [-0.25, -0.2) is 4.79 Å². The molecule has 0 saturated carbocycles. The minimum absolute atomic E-state index is 0.0297. The van der Waals surface area contributed by atoms with Crippen molar-refractivity contribution in [3.8, 4) is 45.6 Å². The highest BCUT2D eigenvalue weighted by molar-refractivity contribution is 6.14. The fraction of sp³-hybridized carbons (Fsp3) is 0.452. The third-order valence-electron chi connectivity index (χ3n) is 8.49. The molecule has 2 N–H and O–H groups in total. The van der Waals surface area contributed by atoms with Crippen LogP contribution in [0.5, 0.6) is 34.5 Å². The first-order valence-electron chi connectivity index (χ1n) is 14.2.